The monoisotopic (exact) mass is 474 g/mol. The second-order valence-corrected chi connectivity index (χ2v) is 10.0. The van der Waals surface area contributed by atoms with Gasteiger partial charge in [-0.25, -0.2) is 4.68 Å². The van der Waals surface area contributed by atoms with Crippen molar-refractivity contribution in [2.45, 2.75) is 52.5 Å². The smallest absolute Gasteiger partial charge is 0.225 e. The number of rotatable bonds is 6. The maximum atomic E-state index is 13.3. The first-order valence-corrected chi connectivity index (χ1v) is 13.3. The standard InChI is InChI=1S/C28H38N6O/c1-4-31(5-2)24-12-16-33(17-13-24)28(35)22-10-14-32(15-11-22)26-19-29-18-23-20-34(30-27(23)26)25-8-6-21(3)7-9-25/h6-9,18-20,22,24H,4-5,10-17H2,1-3H3. The van der Waals surface area contributed by atoms with Gasteiger partial charge in [0.2, 0.25) is 5.91 Å². The third-order valence-corrected chi connectivity index (χ3v) is 7.98. The zero-order valence-electron chi connectivity index (χ0n) is 21.4. The SMILES string of the molecule is CCN(CC)C1CCN(C(=O)C2CCN(c3cncc4cn(-c5ccc(C)cc5)nc34)CC2)CC1. The molecule has 0 atom stereocenters. The van der Waals surface area contributed by atoms with Crippen LogP contribution in [0.5, 0.6) is 0 Å². The van der Waals surface area contributed by atoms with Crippen molar-refractivity contribution in [1.29, 1.82) is 0 Å². The summed E-state index contributed by atoms with van der Waals surface area (Å²) in [5.41, 5.74) is 4.33. The van der Waals surface area contributed by atoms with E-state index in [1.807, 2.05) is 17.1 Å². The van der Waals surface area contributed by atoms with E-state index in [0.717, 1.165) is 87.2 Å². The third kappa shape index (κ3) is 4.92. The molecule has 2 fully saturated rings. The van der Waals surface area contributed by atoms with E-state index in [0.29, 0.717) is 11.9 Å². The Morgan fingerprint density at radius 3 is 2.31 bits per heavy atom. The molecule has 0 aliphatic carbocycles. The molecule has 35 heavy (non-hydrogen) atoms. The van der Waals surface area contributed by atoms with Gasteiger partial charge in [0, 0.05) is 55.9 Å². The third-order valence-electron chi connectivity index (χ3n) is 7.98. The summed E-state index contributed by atoms with van der Waals surface area (Å²) < 4.78 is 1.94. The average Bonchev–Trinajstić information content (AvgIpc) is 3.34. The Morgan fingerprint density at radius 1 is 0.971 bits per heavy atom. The first-order chi connectivity index (χ1) is 17.1. The Balaban J connectivity index is 1.22. The predicted molar refractivity (Wildman–Crippen MR) is 141 cm³/mol. The van der Waals surface area contributed by atoms with Gasteiger partial charge in [-0.3, -0.25) is 9.78 Å². The Kier molecular flexibility index (Phi) is 7.04. The molecule has 4 heterocycles. The zero-order valence-corrected chi connectivity index (χ0v) is 21.4. The molecule has 0 radical (unpaired) electrons. The number of pyridine rings is 1. The minimum atomic E-state index is 0.133. The van der Waals surface area contributed by atoms with E-state index < -0.39 is 0 Å². The van der Waals surface area contributed by atoms with Crippen molar-refractivity contribution >= 4 is 22.5 Å². The topological polar surface area (TPSA) is 57.5 Å². The molecule has 186 valence electrons. The van der Waals surface area contributed by atoms with Gasteiger partial charge in [-0.1, -0.05) is 31.5 Å². The number of hydrogen-bond acceptors (Lipinski definition) is 5. The van der Waals surface area contributed by atoms with Crippen molar-refractivity contribution in [1.82, 2.24) is 24.6 Å². The molecule has 7 nitrogen and oxygen atoms in total. The van der Waals surface area contributed by atoms with Crippen molar-refractivity contribution in [3.63, 3.8) is 0 Å². The number of anilines is 1. The minimum Gasteiger partial charge on any atom is -0.368 e. The maximum absolute atomic E-state index is 13.3. The lowest BCUT2D eigenvalue weighted by Crippen LogP contribution is -2.49. The summed E-state index contributed by atoms with van der Waals surface area (Å²) in [7, 11) is 0. The number of hydrogen-bond donors (Lipinski definition) is 0. The molecular weight excluding hydrogens is 436 g/mol. The molecule has 5 rings (SSSR count). The average molecular weight is 475 g/mol. The number of aryl methyl sites for hydroxylation is 1. The number of piperidine rings is 2. The molecule has 7 heteroatoms. The summed E-state index contributed by atoms with van der Waals surface area (Å²) in [6.45, 7) is 12.3. The lowest BCUT2D eigenvalue weighted by molar-refractivity contribution is -0.137. The van der Waals surface area contributed by atoms with Crippen LogP contribution >= 0.6 is 0 Å². The fourth-order valence-electron chi connectivity index (χ4n) is 5.81. The van der Waals surface area contributed by atoms with E-state index in [2.05, 4.69) is 70.9 Å². The van der Waals surface area contributed by atoms with E-state index in [1.54, 1.807) is 0 Å². The molecule has 2 aliphatic rings. The second kappa shape index (κ2) is 10.4. The van der Waals surface area contributed by atoms with Crippen molar-refractivity contribution in [3.8, 4) is 5.69 Å². The molecule has 2 aliphatic heterocycles. The minimum absolute atomic E-state index is 0.133. The van der Waals surface area contributed by atoms with Gasteiger partial charge < -0.3 is 14.7 Å². The van der Waals surface area contributed by atoms with E-state index in [1.165, 1.54) is 5.56 Å². The number of nitrogens with zero attached hydrogens (tertiary/aromatic N) is 6. The fraction of sp³-hybridized carbons (Fsp3) is 0.536. The quantitative estimate of drug-likeness (QED) is 0.534. The molecule has 0 bridgehead atoms. The molecule has 0 N–H and O–H groups in total. The van der Waals surface area contributed by atoms with Crippen LogP contribution in [-0.2, 0) is 4.79 Å². The molecule has 3 aromatic rings. The van der Waals surface area contributed by atoms with Crippen LogP contribution in [0, 0.1) is 12.8 Å². The van der Waals surface area contributed by atoms with Crippen LogP contribution in [0.3, 0.4) is 0 Å². The number of carbonyl (C=O) groups excluding carboxylic acids is 1. The number of carbonyl (C=O) groups is 1. The molecular formula is C28H38N6O. The number of amides is 1. The van der Waals surface area contributed by atoms with Crippen molar-refractivity contribution in [2.75, 3.05) is 44.2 Å². The molecule has 1 aromatic carbocycles. The molecule has 0 spiro atoms. The normalized spacial score (nSPS) is 18.1. The molecule has 1 amide bonds. The Morgan fingerprint density at radius 2 is 1.66 bits per heavy atom. The zero-order chi connectivity index (χ0) is 24.4. The second-order valence-electron chi connectivity index (χ2n) is 10.0. The highest BCUT2D eigenvalue weighted by atomic mass is 16.2. The predicted octanol–water partition coefficient (Wildman–Crippen LogP) is 4.28. The van der Waals surface area contributed by atoms with Crippen LogP contribution in [0.25, 0.3) is 16.6 Å². The highest BCUT2D eigenvalue weighted by Crippen LogP contribution is 2.30. The number of fused-ring (bicyclic) bond motifs is 1. The molecule has 0 unspecified atom stereocenters. The molecule has 0 saturated carbocycles. The first-order valence-electron chi connectivity index (χ1n) is 13.3. The summed E-state index contributed by atoms with van der Waals surface area (Å²) in [4.78, 5) is 24.8. The van der Waals surface area contributed by atoms with Crippen LogP contribution in [0.4, 0.5) is 5.69 Å². The van der Waals surface area contributed by atoms with Gasteiger partial charge in [-0.2, -0.15) is 5.10 Å². The highest BCUT2D eigenvalue weighted by molar-refractivity contribution is 5.90. The Hall–Kier alpha value is -2.93. The van der Waals surface area contributed by atoms with Gasteiger partial charge in [0.25, 0.3) is 0 Å². The summed E-state index contributed by atoms with van der Waals surface area (Å²) in [5.74, 6) is 0.496. The van der Waals surface area contributed by atoms with Crippen LogP contribution in [0.15, 0.2) is 42.9 Å². The van der Waals surface area contributed by atoms with E-state index in [-0.39, 0.29) is 5.92 Å². The van der Waals surface area contributed by atoms with Crippen LogP contribution in [0.1, 0.15) is 45.1 Å². The van der Waals surface area contributed by atoms with Gasteiger partial charge in [0.1, 0.15) is 5.52 Å². The Bertz CT molecular complexity index is 1140. The molecule has 2 aromatic heterocycles. The number of likely N-dealkylation sites (tertiary alicyclic amines) is 1. The Labute approximate surface area is 208 Å². The summed E-state index contributed by atoms with van der Waals surface area (Å²) in [5, 5.41) is 5.95. The van der Waals surface area contributed by atoms with Gasteiger partial charge >= 0.3 is 0 Å². The van der Waals surface area contributed by atoms with Gasteiger partial charge in [-0.15, -0.1) is 0 Å². The lowest BCUT2D eigenvalue weighted by Gasteiger charge is -2.40. The van der Waals surface area contributed by atoms with Crippen LogP contribution < -0.4 is 4.90 Å². The van der Waals surface area contributed by atoms with Gasteiger partial charge in [0.15, 0.2) is 0 Å². The number of aromatic nitrogens is 3. The first kappa shape index (κ1) is 23.8. The van der Waals surface area contributed by atoms with Crippen molar-refractivity contribution in [2.24, 2.45) is 5.92 Å². The van der Waals surface area contributed by atoms with E-state index >= 15 is 0 Å². The van der Waals surface area contributed by atoms with E-state index in [9.17, 15) is 4.79 Å². The van der Waals surface area contributed by atoms with Crippen molar-refractivity contribution < 1.29 is 4.79 Å². The summed E-state index contributed by atoms with van der Waals surface area (Å²) in [6.07, 6.45) is 9.85. The highest BCUT2D eigenvalue weighted by Gasteiger charge is 2.32. The fourth-order valence-corrected chi connectivity index (χ4v) is 5.81. The molecule has 2 saturated heterocycles. The van der Waals surface area contributed by atoms with Crippen molar-refractivity contribution in [3.05, 3.63) is 48.4 Å². The van der Waals surface area contributed by atoms with Crippen LogP contribution in [0.2, 0.25) is 0 Å². The maximum Gasteiger partial charge on any atom is 0.225 e. The van der Waals surface area contributed by atoms with Gasteiger partial charge in [-0.05, 0) is 57.8 Å². The van der Waals surface area contributed by atoms with Gasteiger partial charge in [0.05, 0.1) is 17.6 Å². The van der Waals surface area contributed by atoms with E-state index in [4.69, 9.17) is 5.10 Å². The lowest BCUT2D eigenvalue weighted by atomic mass is 9.93. The summed E-state index contributed by atoms with van der Waals surface area (Å²) >= 11 is 0. The number of benzene rings is 1. The largest absolute Gasteiger partial charge is 0.368 e. The van der Waals surface area contributed by atoms with Crippen LogP contribution in [-0.4, -0.2) is 75.8 Å². The summed E-state index contributed by atoms with van der Waals surface area (Å²) in [6, 6.07) is 9.03.